The highest BCUT2D eigenvalue weighted by Crippen LogP contribution is 2.38. The molecule has 0 atom stereocenters. The normalized spacial score (nSPS) is 13.5. The van der Waals surface area contributed by atoms with Crippen molar-refractivity contribution in [2.24, 2.45) is 0 Å². The number of thiophene rings is 1. The second kappa shape index (κ2) is 7.25. The number of thioether (sulfide) groups is 1. The molecule has 1 N–H and O–H groups in total. The third-order valence-electron chi connectivity index (χ3n) is 4.24. The van der Waals surface area contributed by atoms with E-state index in [1.165, 1.54) is 17.0 Å². The molecular formula is C19H16F2N2OS2. The van der Waals surface area contributed by atoms with Gasteiger partial charge in [-0.1, -0.05) is 0 Å². The van der Waals surface area contributed by atoms with Crippen LogP contribution in [0.25, 0.3) is 5.00 Å². The number of halogens is 2. The topological polar surface area (TPSA) is 34.0 Å². The fraction of sp³-hybridized carbons (Fsp3) is 0.211. The lowest BCUT2D eigenvalue weighted by molar-refractivity contribution is 0.0950. The molecule has 1 amide bonds. The van der Waals surface area contributed by atoms with E-state index in [0.29, 0.717) is 11.1 Å². The molecule has 134 valence electrons. The Balaban J connectivity index is 1.63. The van der Waals surface area contributed by atoms with E-state index in [2.05, 4.69) is 5.32 Å². The molecule has 7 heteroatoms. The zero-order chi connectivity index (χ0) is 18.1. The second-order valence-corrected chi connectivity index (χ2v) is 8.23. The summed E-state index contributed by atoms with van der Waals surface area (Å²) in [6.07, 6.45) is 4.70. The van der Waals surface area contributed by atoms with Gasteiger partial charge in [-0.25, -0.2) is 8.78 Å². The molecular weight excluding hydrogens is 374 g/mol. The summed E-state index contributed by atoms with van der Waals surface area (Å²) in [4.78, 5) is 14.2. The van der Waals surface area contributed by atoms with Gasteiger partial charge >= 0.3 is 0 Å². The minimum absolute atomic E-state index is 0.0814. The number of hydrogen-bond acceptors (Lipinski definition) is 3. The maximum absolute atomic E-state index is 13.3. The Morgan fingerprint density at radius 2 is 1.88 bits per heavy atom. The predicted molar refractivity (Wildman–Crippen MR) is 101 cm³/mol. The Kier molecular flexibility index (Phi) is 4.82. The van der Waals surface area contributed by atoms with Gasteiger partial charge in [-0.2, -0.15) is 11.8 Å². The van der Waals surface area contributed by atoms with Crippen molar-refractivity contribution in [3.63, 3.8) is 0 Å². The van der Waals surface area contributed by atoms with Crippen LogP contribution in [0.15, 0.2) is 42.7 Å². The molecule has 0 fully saturated rings. The smallest absolute Gasteiger partial charge is 0.254 e. The van der Waals surface area contributed by atoms with Crippen LogP contribution in [0.2, 0.25) is 0 Å². The van der Waals surface area contributed by atoms with Crippen LogP contribution in [-0.4, -0.2) is 16.2 Å². The van der Waals surface area contributed by atoms with Crippen molar-refractivity contribution in [1.82, 2.24) is 9.88 Å². The fourth-order valence-electron chi connectivity index (χ4n) is 3.09. The number of hydrogen-bond donors (Lipinski definition) is 1. The molecule has 3 aromatic rings. The van der Waals surface area contributed by atoms with Gasteiger partial charge in [0.15, 0.2) is 0 Å². The Hall–Kier alpha value is -2.12. The van der Waals surface area contributed by atoms with Crippen LogP contribution in [0.3, 0.4) is 0 Å². The predicted octanol–water partition coefficient (Wildman–Crippen LogP) is 4.54. The number of nitrogens with zero attached hydrogens (tertiary/aromatic N) is 1. The molecule has 4 rings (SSSR count). The van der Waals surface area contributed by atoms with Gasteiger partial charge < -0.3 is 9.88 Å². The van der Waals surface area contributed by atoms with Crippen molar-refractivity contribution in [3.05, 3.63) is 75.9 Å². The maximum atomic E-state index is 13.3. The summed E-state index contributed by atoms with van der Waals surface area (Å²) < 4.78 is 28.6. The van der Waals surface area contributed by atoms with Crippen LogP contribution >= 0.6 is 23.1 Å². The Bertz CT molecular complexity index is 931. The van der Waals surface area contributed by atoms with Crippen LogP contribution < -0.4 is 5.32 Å². The van der Waals surface area contributed by atoms with E-state index in [9.17, 15) is 13.6 Å². The van der Waals surface area contributed by atoms with Gasteiger partial charge in [-0.05, 0) is 47.6 Å². The number of amides is 1. The standard InChI is InChI=1S/C19H16F2N2OS2/c20-13-7-12(8-14(21)9-13)10-22-18(24)17-15-3-6-25-11-16(15)26-19(17)23-4-1-2-5-23/h1-2,4-5,7-9H,3,6,10-11H2,(H,22,24). The van der Waals surface area contributed by atoms with Gasteiger partial charge in [0.25, 0.3) is 5.91 Å². The number of rotatable bonds is 4. The summed E-state index contributed by atoms with van der Waals surface area (Å²) in [5.74, 6) is 0.406. The molecule has 0 radical (unpaired) electrons. The quantitative estimate of drug-likeness (QED) is 0.710. The number of benzene rings is 1. The molecule has 0 spiro atoms. The number of aromatic nitrogens is 1. The average Bonchev–Trinajstić information content (AvgIpc) is 3.26. The molecule has 1 aromatic carbocycles. The zero-order valence-corrected chi connectivity index (χ0v) is 15.4. The van der Waals surface area contributed by atoms with Crippen molar-refractivity contribution in [3.8, 4) is 5.00 Å². The van der Waals surface area contributed by atoms with Gasteiger partial charge in [-0.3, -0.25) is 4.79 Å². The van der Waals surface area contributed by atoms with Crippen LogP contribution in [0.1, 0.15) is 26.4 Å². The molecule has 0 saturated carbocycles. The third kappa shape index (κ3) is 3.41. The first-order valence-electron chi connectivity index (χ1n) is 8.20. The number of fused-ring (bicyclic) bond motifs is 1. The van der Waals surface area contributed by atoms with Crippen LogP contribution in [0, 0.1) is 11.6 Å². The first-order chi connectivity index (χ1) is 12.6. The van der Waals surface area contributed by atoms with Crippen LogP contribution in [-0.2, 0) is 18.7 Å². The van der Waals surface area contributed by atoms with E-state index in [1.807, 2.05) is 40.9 Å². The van der Waals surface area contributed by atoms with Crippen LogP contribution in [0.4, 0.5) is 8.78 Å². The molecule has 0 aliphatic carbocycles. The average molecular weight is 390 g/mol. The minimum atomic E-state index is -0.646. The highest BCUT2D eigenvalue weighted by atomic mass is 32.2. The first-order valence-corrected chi connectivity index (χ1v) is 10.2. The first kappa shape index (κ1) is 17.3. The van der Waals surface area contributed by atoms with Crippen molar-refractivity contribution in [2.75, 3.05) is 5.75 Å². The molecule has 1 aliphatic rings. The maximum Gasteiger partial charge on any atom is 0.254 e. The van der Waals surface area contributed by atoms with E-state index in [0.717, 1.165) is 34.6 Å². The van der Waals surface area contributed by atoms with E-state index in [1.54, 1.807) is 11.3 Å². The molecule has 3 nitrogen and oxygen atoms in total. The van der Waals surface area contributed by atoms with E-state index in [-0.39, 0.29) is 12.5 Å². The van der Waals surface area contributed by atoms with Crippen LogP contribution in [0.5, 0.6) is 0 Å². The summed E-state index contributed by atoms with van der Waals surface area (Å²) in [6.45, 7) is 0.0814. The summed E-state index contributed by atoms with van der Waals surface area (Å²) >= 11 is 3.50. The molecule has 26 heavy (non-hydrogen) atoms. The van der Waals surface area contributed by atoms with E-state index >= 15 is 0 Å². The molecule has 3 heterocycles. The lowest BCUT2D eigenvalue weighted by Crippen LogP contribution is -2.25. The van der Waals surface area contributed by atoms with Gasteiger partial charge in [0.2, 0.25) is 0 Å². The summed E-state index contributed by atoms with van der Waals surface area (Å²) in [5.41, 5.74) is 2.18. The molecule has 0 unspecified atom stereocenters. The second-order valence-electron chi connectivity index (χ2n) is 6.04. The SMILES string of the molecule is O=C(NCc1cc(F)cc(F)c1)c1c(-n2cccc2)sc2c1CCSC2. The van der Waals surface area contributed by atoms with E-state index < -0.39 is 11.6 Å². The number of carbonyl (C=O) groups excluding carboxylic acids is 1. The molecule has 2 aromatic heterocycles. The molecule has 0 bridgehead atoms. The van der Waals surface area contributed by atoms with Gasteiger partial charge in [0.1, 0.15) is 16.6 Å². The minimum Gasteiger partial charge on any atom is -0.348 e. The van der Waals surface area contributed by atoms with Crippen molar-refractivity contribution < 1.29 is 13.6 Å². The lowest BCUT2D eigenvalue weighted by Gasteiger charge is -2.13. The Labute approximate surface area is 158 Å². The summed E-state index contributed by atoms with van der Waals surface area (Å²) in [5, 5.41) is 3.72. The highest BCUT2D eigenvalue weighted by Gasteiger charge is 2.26. The van der Waals surface area contributed by atoms with Crippen molar-refractivity contribution >= 4 is 29.0 Å². The zero-order valence-electron chi connectivity index (χ0n) is 13.8. The van der Waals surface area contributed by atoms with Crippen molar-refractivity contribution in [2.45, 2.75) is 18.7 Å². The largest absolute Gasteiger partial charge is 0.348 e. The van der Waals surface area contributed by atoms with Gasteiger partial charge in [0, 0.05) is 35.6 Å². The Morgan fingerprint density at radius 3 is 2.62 bits per heavy atom. The third-order valence-corrected chi connectivity index (χ3v) is 6.66. The lowest BCUT2D eigenvalue weighted by atomic mass is 10.1. The highest BCUT2D eigenvalue weighted by molar-refractivity contribution is 7.98. The summed E-state index contributed by atoms with van der Waals surface area (Å²) in [6, 6.07) is 7.13. The number of carbonyl (C=O) groups is 1. The Morgan fingerprint density at radius 1 is 1.15 bits per heavy atom. The van der Waals surface area contributed by atoms with E-state index in [4.69, 9.17) is 0 Å². The van der Waals surface area contributed by atoms with Gasteiger partial charge in [0.05, 0.1) is 5.56 Å². The molecule has 1 aliphatic heterocycles. The van der Waals surface area contributed by atoms with Crippen molar-refractivity contribution in [1.29, 1.82) is 0 Å². The monoisotopic (exact) mass is 390 g/mol. The fourth-order valence-corrected chi connectivity index (χ4v) is 5.53. The molecule has 0 saturated heterocycles. The number of nitrogens with one attached hydrogen (secondary N) is 1. The summed E-state index contributed by atoms with van der Waals surface area (Å²) in [7, 11) is 0. The van der Waals surface area contributed by atoms with Gasteiger partial charge in [-0.15, -0.1) is 11.3 Å².